The molecule has 5 heteroatoms. The third-order valence-corrected chi connectivity index (χ3v) is 4.82. The fourth-order valence-corrected chi connectivity index (χ4v) is 3.35. The van der Waals surface area contributed by atoms with Crippen LogP contribution in [0, 0.1) is 0 Å². The van der Waals surface area contributed by atoms with Gasteiger partial charge < -0.3 is 15.7 Å². The van der Waals surface area contributed by atoms with Crippen LogP contribution >= 0.6 is 0 Å². The first kappa shape index (κ1) is 18.0. The largest absolute Gasteiger partial charge is 0.508 e. The molecule has 0 heterocycles. The van der Waals surface area contributed by atoms with Gasteiger partial charge in [-0.25, -0.2) is 0 Å². The molecule has 1 unspecified atom stereocenters. The fraction of sp³-hybridized carbons (Fsp3) is 0.333. The van der Waals surface area contributed by atoms with Crippen molar-refractivity contribution in [3.05, 3.63) is 59.2 Å². The number of aromatic hydroxyl groups is 1. The van der Waals surface area contributed by atoms with Crippen molar-refractivity contribution in [2.24, 2.45) is 0 Å². The lowest BCUT2D eigenvalue weighted by Crippen LogP contribution is -2.37. The predicted octanol–water partition coefficient (Wildman–Crippen LogP) is 3.48. The Morgan fingerprint density at radius 1 is 1.00 bits per heavy atom. The zero-order valence-electron chi connectivity index (χ0n) is 14.9. The summed E-state index contributed by atoms with van der Waals surface area (Å²) < 4.78 is 0. The summed E-state index contributed by atoms with van der Waals surface area (Å²) in [4.78, 5) is 24.4. The number of hydrogen-bond donors (Lipinski definition) is 3. The second kappa shape index (κ2) is 8.04. The van der Waals surface area contributed by atoms with Crippen molar-refractivity contribution < 1.29 is 14.7 Å². The Bertz CT molecular complexity index is 799. The molecule has 0 spiro atoms. The van der Waals surface area contributed by atoms with Crippen LogP contribution in [0.4, 0.5) is 5.69 Å². The van der Waals surface area contributed by atoms with E-state index in [1.807, 2.05) is 6.92 Å². The quantitative estimate of drug-likeness (QED) is 0.582. The van der Waals surface area contributed by atoms with E-state index < -0.39 is 11.8 Å². The molecule has 2 aromatic rings. The summed E-state index contributed by atoms with van der Waals surface area (Å²) in [6.45, 7) is 1.99. The highest BCUT2D eigenvalue weighted by Crippen LogP contribution is 2.26. The Labute approximate surface area is 153 Å². The van der Waals surface area contributed by atoms with Crippen molar-refractivity contribution in [2.75, 3.05) is 5.32 Å². The molecule has 1 atom stereocenters. The van der Waals surface area contributed by atoms with Gasteiger partial charge in [0.1, 0.15) is 5.75 Å². The molecule has 2 aromatic carbocycles. The molecule has 0 saturated carbocycles. The Kier molecular flexibility index (Phi) is 5.56. The van der Waals surface area contributed by atoms with Crippen LogP contribution in [0.5, 0.6) is 5.75 Å². The van der Waals surface area contributed by atoms with E-state index >= 15 is 0 Å². The summed E-state index contributed by atoms with van der Waals surface area (Å²) in [6, 6.07) is 12.2. The van der Waals surface area contributed by atoms with Crippen LogP contribution in [-0.4, -0.2) is 16.9 Å². The average molecular weight is 352 g/mol. The number of fused-ring (bicyclic) bond motifs is 1. The first-order chi connectivity index (χ1) is 12.6. The second-order valence-electron chi connectivity index (χ2n) is 6.67. The molecule has 1 aliphatic carbocycles. The van der Waals surface area contributed by atoms with E-state index in [1.54, 1.807) is 12.1 Å². The van der Waals surface area contributed by atoms with E-state index in [9.17, 15) is 14.7 Å². The first-order valence-corrected chi connectivity index (χ1v) is 9.09. The summed E-state index contributed by atoms with van der Waals surface area (Å²) >= 11 is 0. The number of carbonyl (C=O) groups excluding carboxylic acids is 2. The van der Waals surface area contributed by atoms with Crippen LogP contribution < -0.4 is 10.6 Å². The van der Waals surface area contributed by atoms with E-state index in [1.165, 1.54) is 36.1 Å². The Balaban J connectivity index is 1.66. The Morgan fingerprint density at radius 2 is 1.69 bits per heavy atom. The van der Waals surface area contributed by atoms with E-state index in [4.69, 9.17) is 0 Å². The average Bonchev–Trinajstić information content (AvgIpc) is 2.67. The number of nitrogens with one attached hydrogen (secondary N) is 2. The molecule has 0 saturated heterocycles. The van der Waals surface area contributed by atoms with Crippen LogP contribution in [-0.2, 0) is 22.4 Å². The van der Waals surface area contributed by atoms with Crippen molar-refractivity contribution in [2.45, 2.75) is 45.1 Å². The highest BCUT2D eigenvalue weighted by atomic mass is 16.3. The zero-order valence-corrected chi connectivity index (χ0v) is 14.9. The molecule has 3 rings (SSSR count). The van der Waals surface area contributed by atoms with Crippen molar-refractivity contribution in [3.63, 3.8) is 0 Å². The Hall–Kier alpha value is -2.82. The topological polar surface area (TPSA) is 78.4 Å². The van der Waals surface area contributed by atoms with Gasteiger partial charge in [-0.15, -0.1) is 0 Å². The van der Waals surface area contributed by atoms with Gasteiger partial charge in [0.25, 0.3) is 0 Å². The molecule has 136 valence electrons. The number of hydrogen-bond acceptors (Lipinski definition) is 3. The normalized spacial score (nSPS) is 14.2. The van der Waals surface area contributed by atoms with E-state index in [-0.39, 0.29) is 11.8 Å². The smallest absolute Gasteiger partial charge is 0.313 e. The van der Waals surface area contributed by atoms with Gasteiger partial charge in [-0.3, -0.25) is 9.59 Å². The number of carbonyl (C=O) groups is 2. The lowest BCUT2D eigenvalue weighted by molar-refractivity contribution is -0.136. The molecule has 1 aliphatic rings. The maximum Gasteiger partial charge on any atom is 0.313 e. The monoisotopic (exact) mass is 352 g/mol. The summed E-state index contributed by atoms with van der Waals surface area (Å²) in [7, 11) is 0. The molecule has 2 amide bonds. The molecule has 0 aliphatic heterocycles. The number of phenolic OH excluding ortho intramolecular Hbond substituents is 1. The van der Waals surface area contributed by atoms with Gasteiger partial charge in [0.05, 0.1) is 6.04 Å². The van der Waals surface area contributed by atoms with E-state index in [2.05, 4.69) is 28.8 Å². The standard InChI is InChI=1S/C21H24N2O3/c1-2-19(16-8-7-14-5-3-4-6-15(14)13-16)23-21(26)20(25)22-17-9-11-18(24)12-10-17/h7-13,19,24H,2-6H2,1H3,(H,22,25)(H,23,26). The molecule has 0 fully saturated rings. The van der Waals surface area contributed by atoms with Crippen LogP contribution in [0.2, 0.25) is 0 Å². The maximum atomic E-state index is 12.3. The van der Waals surface area contributed by atoms with Crippen molar-refractivity contribution in [1.82, 2.24) is 5.32 Å². The molecular weight excluding hydrogens is 328 g/mol. The fourth-order valence-electron chi connectivity index (χ4n) is 3.35. The highest BCUT2D eigenvalue weighted by Gasteiger charge is 2.20. The lowest BCUT2D eigenvalue weighted by atomic mass is 9.89. The number of amides is 2. The van der Waals surface area contributed by atoms with Crippen LogP contribution in [0.25, 0.3) is 0 Å². The highest BCUT2D eigenvalue weighted by molar-refractivity contribution is 6.39. The van der Waals surface area contributed by atoms with Gasteiger partial charge >= 0.3 is 11.8 Å². The van der Waals surface area contributed by atoms with Crippen molar-refractivity contribution >= 4 is 17.5 Å². The van der Waals surface area contributed by atoms with Crippen LogP contribution in [0.1, 0.15) is 48.9 Å². The van der Waals surface area contributed by atoms with Gasteiger partial charge in [-0.05, 0) is 73.1 Å². The summed E-state index contributed by atoms with van der Waals surface area (Å²) in [6.07, 6.45) is 5.34. The second-order valence-corrected chi connectivity index (χ2v) is 6.67. The third-order valence-electron chi connectivity index (χ3n) is 4.82. The number of anilines is 1. The number of rotatable bonds is 4. The minimum atomic E-state index is -0.716. The van der Waals surface area contributed by atoms with Gasteiger partial charge in [0.15, 0.2) is 0 Å². The van der Waals surface area contributed by atoms with Gasteiger partial charge in [-0.2, -0.15) is 0 Å². The summed E-state index contributed by atoms with van der Waals surface area (Å²) in [5, 5.41) is 14.6. The molecule has 0 aromatic heterocycles. The predicted molar refractivity (Wildman–Crippen MR) is 101 cm³/mol. The van der Waals surface area contributed by atoms with Crippen LogP contribution in [0.15, 0.2) is 42.5 Å². The minimum absolute atomic E-state index is 0.103. The SMILES string of the molecule is CCC(NC(=O)C(=O)Nc1ccc(O)cc1)c1ccc2c(c1)CCCC2. The lowest BCUT2D eigenvalue weighted by Gasteiger charge is -2.21. The third kappa shape index (κ3) is 4.23. The van der Waals surface area contributed by atoms with Crippen molar-refractivity contribution in [1.29, 1.82) is 0 Å². The molecule has 26 heavy (non-hydrogen) atoms. The zero-order chi connectivity index (χ0) is 18.5. The molecule has 3 N–H and O–H groups in total. The van der Waals surface area contributed by atoms with E-state index in [0.717, 1.165) is 18.4 Å². The van der Waals surface area contributed by atoms with Gasteiger partial charge in [0, 0.05) is 5.69 Å². The maximum absolute atomic E-state index is 12.3. The Morgan fingerprint density at radius 3 is 2.38 bits per heavy atom. The van der Waals surface area contributed by atoms with Gasteiger partial charge in [0.2, 0.25) is 0 Å². The number of phenols is 1. The van der Waals surface area contributed by atoms with Gasteiger partial charge in [-0.1, -0.05) is 25.1 Å². The van der Waals surface area contributed by atoms with Crippen molar-refractivity contribution in [3.8, 4) is 5.75 Å². The minimum Gasteiger partial charge on any atom is -0.508 e. The number of benzene rings is 2. The molecule has 0 radical (unpaired) electrons. The van der Waals surface area contributed by atoms with Crippen LogP contribution in [0.3, 0.4) is 0 Å². The summed E-state index contributed by atoms with van der Waals surface area (Å²) in [5.41, 5.74) is 4.25. The number of aryl methyl sites for hydroxylation is 2. The molecule has 5 nitrogen and oxygen atoms in total. The van der Waals surface area contributed by atoms with E-state index in [0.29, 0.717) is 12.1 Å². The summed E-state index contributed by atoms with van der Waals surface area (Å²) in [5.74, 6) is -1.28. The molecular formula is C21H24N2O3. The molecule has 0 bridgehead atoms. The first-order valence-electron chi connectivity index (χ1n) is 9.09.